The van der Waals surface area contributed by atoms with Crippen molar-refractivity contribution in [1.82, 2.24) is 9.47 Å². The van der Waals surface area contributed by atoms with E-state index in [1.807, 2.05) is 30.3 Å². The Morgan fingerprint density at radius 1 is 1.14 bits per heavy atom. The van der Waals surface area contributed by atoms with Crippen LogP contribution in [0.4, 0.5) is 18.9 Å². The lowest BCUT2D eigenvalue weighted by atomic mass is 10.1. The number of fused-ring (bicyclic) bond motifs is 1. The van der Waals surface area contributed by atoms with E-state index in [-0.39, 0.29) is 12.1 Å². The van der Waals surface area contributed by atoms with Crippen LogP contribution in [0.1, 0.15) is 11.1 Å². The van der Waals surface area contributed by atoms with Crippen molar-refractivity contribution < 1.29 is 13.2 Å². The molecule has 0 bridgehead atoms. The lowest BCUT2D eigenvalue weighted by molar-refractivity contribution is -0.137. The second-order valence-electron chi connectivity index (χ2n) is 6.45. The van der Waals surface area contributed by atoms with Crippen molar-refractivity contribution in [3.8, 4) is 0 Å². The van der Waals surface area contributed by atoms with Gasteiger partial charge in [-0.2, -0.15) is 13.2 Å². The maximum atomic E-state index is 12.6. The number of hydrogen-bond acceptors (Lipinski definition) is 2. The summed E-state index contributed by atoms with van der Waals surface area (Å²) in [4.78, 5) is 14.3. The van der Waals surface area contributed by atoms with Gasteiger partial charge in [0.2, 0.25) is 0 Å². The van der Waals surface area contributed by atoms with Gasteiger partial charge in [0.1, 0.15) is 0 Å². The molecular weight excluding hydrogens is 387 g/mol. The molecule has 0 spiro atoms. The Morgan fingerprint density at radius 2 is 1.79 bits per heavy atom. The quantitative estimate of drug-likeness (QED) is 0.656. The summed E-state index contributed by atoms with van der Waals surface area (Å²) in [6.45, 7) is 0.268. The van der Waals surface area contributed by atoms with Crippen molar-refractivity contribution in [2.24, 2.45) is 7.05 Å². The molecule has 0 saturated heterocycles. The van der Waals surface area contributed by atoms with Crippen molar-refractivity contribution in [3.05, 3.63) is 76.1 Å². The predicted molar refractivity (Wildman–Crippen MR) is 108 cm³/mol. The van der Waals surface area contributed by atoms with Gasteiger partial charge in [-0.05, 0) is 54.0 Å². The van der Waals surface area contributed by atoms with Gasteiger partial charge >= 0.3 is 6.18 Å². The predicted octanol–water partition coefficient (Wildman–Crippen LogP) is 4.39. The van der Waals surface area contributed by atoms with Gasteiger partial charge in [-0.1, -0.05) is 18.2 Å². The summed E-state index contributed by atoms with van der Waals surface area (Å²) in [7, 11) is 3.43. The fraction of sp³-hybridized carbons (Fsp3) is 0.200. The molecule has 0 saturated carbocycles. The highest BCUT2D eigenvalue weighted by Crippen LogP contribution is 2.29. The van der Waals surface area contributed by atoms with E-state index in [0.717, 1.165) is 23.0 Å². The minimum atomic E-state index is -4.38. The topological polar surface area (TPSA) is 37.3 Å². The van der Waals surface area contributed by atoms with Gasteiger partial charge in [-0.15, -0.1) is 0 Å². The van der Waals surface area contributed by atoms with Crippen molar-refractivity contribution in [3.63, 3.8) is 0 Å². The Balaban J connectivity index is 1.75. The van der Waals surface area contributed by atoms with Crippen LogP contribution in [0.5, 0.6) is 0 Å². The van der Waals surface area contributed by atoms with Crippen molar-refractivity contribution >= 4 is 33.9 Å². The number of alkyl halides is 3. The molecule has 1 aromatic heterocycles. The average molecular weight is 405 g/mol. The third-order valence-corrected chi connectivity index (χ3v) is 4.84. The number of para-hydroxylation sites is 1. The second kappa shape index (κ2) is 7.63. The number of hydrogen-bond donors (Lipinski definition) is 1. The van der Waals surface area contributed by atoms with Crippen LogP contribution in [0, 0.1) is 0 Å². The third kappa shape index (κ3) is 4.17. The van der Waals surface area contributed by atoms with Crippen LogP contribution < -0.4 is 10.9 Å². The molecule has 0 aliphatic carbocycles. The Kier molecular flexibility index (Phi) is 5.42. The first kappa shape index (κ1) is 19.9. The highest BCUT2D eigenvalue weighted by Gasteiger charge is 2.30. The lowest BCUT2D eigenvalue weighted by Gasteiger charge is -2.21. The van der Waals surface area contributed by atoms with Gasteiger partial charge in [0.15, 0.2) is 5.11 Å². The van der Waals surface area contributed by atoms with E-state index < -0.39 is 11.7 Å². The zero-order valence-electron chi connectivity index (χ0n) is 15.2. The van der Waals surface area contributed by atoms with Crippen molar-refractivity contribution in [2.45, 2.75) is 12.7 Å². The van der Waals surface area contributed by atoms with Crippen molar-refractivity contribution in [1.29, 1.82) is 0 Å². The Hall–Kier alpha value is -2.87. The first-order chi connectivity index (χ1) is 13.2. The summed E-state index contributed by atoms with van der Waals surface area (Å²) in [5.74, 6) is 0. The van der Waals surface area contributed by atoms with Gasteiger partial charge < -0.3 is 14.8 Å². The Morgan fingerprint density at radius 3 is 2.43 bits per heavy atom. The molecule has 0 atom stereocenters. The zero-order chi connectivity index (χ0) is 20.5. The number of aryl methyl sites for hydroxylation is 1. The molecule has 1 heterocycles. The summed E-state index contributed by atoms with van der Waals surface area (Å²) >= 11 is 5.32. The fourth-order valence-corrected chi connectivity index (χ4v) is 3.07. The Bertz CT molecular complexity index is 1070. The van der Waals surface area contributed by atoms with Crippen LogP contribution >= 0.6 is 12.2 Å². The zero-order valence-corrected chi connectivity index (χ0v) is 16.1. The number of thiocarbonyl (C=S) groups is 1. The summed E-state index contributed by atoms with van der Waals surface area (Å²) < 4.78 is 39.5. The second-order valence-corrected chi connectivity index (χ2v) is 6.84. The van der Waals surface area contributed by atoms with Crippen LogP contribution in [-0.2, 0) is 19.8 Å². The third-order valence-electron chi connectivity index (χ3n) is 4.42. The van der Waals surface area contributed by atoms with Gasteiger partial charge in [0.25, 0.3) is 5.56 Å². The van der Waals surface area contributed by atoms with Gasteiger partial charge in [0.05, 0.1) is 17.6 Å². The molecule has 0 amide bonds. The summed E-state index contributed by atoms with van der Waals surface area (Å²) in [6.07, 6.45) is -4.38. The minimum absolute atomic E-state index is 0.122. The van der Waals surface area contributed by atoms with Gasteiger partial charge in [-0.3, -0.25) is 4.79 Å². The number of rotatable bonds is 3. The molecule has 3 aromatic rings. The van der Waals surface area contributed by atoms with Gasteiger partial charge in [0, 0.05) is 25.3 Å². The number of nitrogens with one attached hydrogen (secondary N) is 1. The fourth-order valence-electron chi connectivity index (χ4n) is 2.89. The largest absolute Gasteiger partial charge is 0.416 e. The number of anilines is 1. The van der Waals surface area contributed by atoms with E-state index in [0.29, 0.717) is 16.4 Å². The summed E-state index contributed by atoms with van der Waals surface area (Å²) in [6, 6.07) is 14.0. The highest BCUT2D eigenvalue weighted by molar-refractivity contribution is 7.80. The van der Waals surface area contributed by atoms with E-state index in [2.05, 4.69) is 5.32 Å². The molecular formula is C20H18F3N3OS. The number of pyridine rings is 1. The first-order valence-corrected chi connectivity index (χ1v) is 8.84. The maximum absolute atomic E-state index is 12.6. The average Bonchev–Trinajstić information content (AvgIpc) is 2.65. The smallest absolute Gasteiger partial charge is 0.348 e. The molecule has 2 aromatic carbocycles. The van der Waals surface area contributed by atoms with Crippen LogP contribution in [0.25, 0.3) is 10.9 Å². The molecule has 0 aliphatic rings. The first-order valence-electron chi connectivity index (χ1n) is 8.44. The lowest BCUT2D eigenvalue weighted by Crippen LogP contribution is -2.33. The minimum Gasteiger partial charge on any atom is -0.348 e. The molecule has 0 unspecified atom stereocenters. The number of nitrogens with zero attached hydrogens (tertiary/aromatic N) is 2. The van der Waals surface area contributed by atoms with Crippen LogP contribution in [-0.4, -0.2) is 21.6 Å². The molecule has 0 fully saturated rings. The van der Waals surface area contributed by atoms with E-state index in [9.17, 15) is 18.0 Å². The van der Waals surface area contributed by atoms with Crippen LogP contribution in [0.2, 0.25) is 0 Å². The van der Waals surface area contributed by atoms with Crippen LogP contribution in [0.15, 0.2) is 59.4 Å². The molecule has 0 radical (unpaired) electrons. The van der Waals surface area contributed by atoms with E-state index in [4.69, 9.17) is 12.2 Å². The van der Waals surface area contributed by atoms with Crippen LogP contribution in [0.3, 0.4) is 0 Å². The van der Waals surface area contributed by atoms with Crippen molar-refractivity contribution in [2.75, 3.05) is 12.4 Å². The molecule has 0 aliphatic heterocycles. The molecule has 146 valence electrons. The summed E-state index contributed by atoms with van der Waals surface area (Å²) in [5.41, 5.74) is 1.00. The number of aromatic nitrogens is 1. The van der Waals surface area contributed by atoms with E-state index in [1.54, 1.807) is 23.6 Å². The molecule has 4 nitrogen and oxygen atoms in total. The molecule has 1 N–H and O–H groups in total. The van der Waals surface area contributed by atoms with Gasteiger partial charge in [-0.25, -0.2) is 0 Å². The molecule has 8 heteroatoms. The SMILES string of the molecule is CN(Cc1cc2ccccc2n(C)c1=O)C(=S)Nc1ccc(C(F)(F)F)cc1. The van der Waals surface area contributed by atoms with E-state index in [1.165, 1.54) is 12.1 Å². The monoisotopic (exact) mass is 405 g/mol. The maximum Gasteiger partial charge on any atom is 0.416 e. The highest BCUT2D eigenvalue weighted by atomic mass is 32.1. The van der Waals surface area contributed by atoms with E-state index >= 15 is 0 Å². The summed E-state index contributed by atoms with van der Waals surface area (Å²) in [5, 5.41) is 4.13. The standard InChI is InChI=1S/C20H18F3N3OS/c1-25(19(28)24-16-9-7-15(8-10-16)20(21,22)23)12-14-11-13-5-3-4-6-17(13)26(2)18(14)27/h3-11H,12H2,1-2H3,(H,24,28). The molecule has 3 rings (SSSR count). The Labute approximate surface area is 165 Å². The molecule has 28 heavy (non-hydrogen) atoms. The number of benzene rings is 2. The normalized spacial score (nSPS) is 11.5. The number of halogens is 3.